The van der Waals surface area contributed by atoms with E-state index >= 15 is 0 Å². The van der Waals surface area contributed by atoms with Crippen molar-refractivity contribution in [2.75, 3.05) is 33.2 Å². The zero-order chi connectivity index (χ0) is 15.1. The van der Waals surface area contributed by atoms with Crippen molar-refractivity contribution in [1.82, 2.24) is 14.8 Å². The number of hydrogen-bond donors (Lipinski definition) is 0. The number of nitrogens with zero attached hydrogens (tertiary/aromatic N) is 3. The van der Waals surface area contributed by atoms with Crippen molar-refractivity contribution in [2.45, 2.75) is 38.0 Å². The van der Waals surface area contributed by atoms with Crippen LogP contribution in [0, 0.1) is 11.8 Å². The predicted octanol–water partition coefficient (Wildman–Crippen LogP) is 2.82. The topological polar surface area (TPSA) is 36.4 Å². The fourth-order valence-corrected chi connectivity index (χ4v) is 4.89. The molecule has 3 fully saturated rings. The Kier molecular flexibility index (Phi) is 3.95. The average molecular weight is 319 g/mol. The van der Waals surface area contributed by atoms with Gasteiger partial charge in [-0.05, 0) is 64.1 Å². The second kappa shape index (κ2) is 5.93. The lowest BCUT2D eigenvalue weighted by Gasteiger charge is -2.32. The van der Waals surface area contributed by atoms with Crippen LogP contribution in [-0.4, -0.2) is 53.9 Å². The highest BCUT2D eigenvalue weighted by molar-refractivity contribution is 7.10. The maximum Gasteiger partial charge on any atom is 0.273 e. The van der Waals surface area contributed by atoms with Gasteiger partial charge in [-0.1, -0.05) is 0 Å². The van der Waals surface area contributed by atoms with Crippen LogP contribution < -0.4 is 0 Å². The third-order valence-electron chi connectivity index (χ3n) is 5.61. The summed E-state index contributed by atoms with van der Waals surface area (Å²) in [5, 5.41) is 3.15. The lowest BCUT2D eigenvalue weighted by atomic mass is 9.84. The van der Waals surface area contributed by atoms with Crippen LogP contribution in [0.2, 0.25) is 0 Å². The first kappa shape index (κ1) is 14.6. The maximum absolute atomic E-state index is 12.6. The molecule has 3 heterocycles. The number of amides is 1. The predicted molar refractivity (Wildman–Crippen MR) is 88.3 cm³/mol. The van der Waals surface area contributed by atoms with Gasteiger partial charge in [-0.15, -0.1) is 11.3 Å². The Balaban J connectivity index is 1.36. The lowest BCUT2D eigenvalue weighted by molar-refractivity contribution is 0.0771. The third kappa shape index (κ3) is 2.93. The molecule has 1 atom stereocenters. The molecule has 1 amide bonds. The second-order valence-electron chi connectivity index (χ2n) is 7.29. The number of thiazole rings is 1. The van der Waals surface area contributed by atoms with Gasteiger partial charge in [-0.25, -0.2) is 4.98 Å². The Morgan fingerprint density at radius 2 is 1.86 bits per heavy atom. The minimum Gasteiger partial charge on any atom is -0.337 e. The highest BCUT2D eigenvalue weighted by Gasteiger charge is 2.34. The smallest absolute Gasteiger partial charge is 0.273 e. The zero-order valence-corrected chi connectivity index (χ0v) is 14.1. The first-order valence-corrected chi connectivity index (χ1v) is 9.52. The van der Waals surface area contributed by atoms with Gasteiger partial charge in [-0.2, -0.15) is 0 Å². The van der Waals surface area contributed by atoms with E-state index in [2.05, 4.69) is 21.8 Å². The number of carbonyl (C=O) groups excluding carboxylic acids is 1. The molecule has 1 aromatic rings. The molecule has 1 unspecified atom stereocenters. The fourth-order valence-electron chi connectivity index (χ4n) is 3.92. The van der Waals surface area contributed by atoms with Crippen molar-refractivity contribution in [1.29, 1.82) is 0 Å². The summed E-state index contributed by atoms with van der Waals surface area (Å²) in [4.78, 5) is 21.7. The van der Waals surface area contributed by atoms with Gasteiger partial charge in [-0.3, -0.25) is 4.79 Å². The summed E-state index contributed by atoms with van der Waals surface area (Å²) in [5.41, 5.74) is 0.691. The Morgan fingerprint density at radius 1 is 1.14 bits per heavy atom. The number of rotatable bonds is 3. The van der Waals surface area contributed by atoms with Crippen LogP contribution in [0.1, 0.15) is 53.5 Å². The van der Waals surface area contributed by atoms with Gasteiger partial charge in [0, 0.05) is 24.4 Å². The number of piperidine rings is 1. The molecule has 4 nitrogen and oxygen atoms in total. The summed E-state index contributed by atoms with van der Waals surface area (Å²) >= 11 is 1.67. The van der Waals surface area contributed by atoms with Gasteiger partial charge in [0.15, 0.2) is 0 Å². The summed E-state index contributed by atoms with van der Waals surface area (Å²) in [6.45, 7) is 4.30. The molecule has 120 valence electrons. The number of hydrogen-bond acceptors (Lipinski definition) is 4. The first-order chi connectivity index (χ1) is 10.7. The van der Waals surface area contributed by atoms with Crippen molar-refractivity contribution >= 4 is 17.2 Å². The maximum atomic E-state index is 12.6. The van der Waals surface area contributed by atoms with Crippen LogP contribution in [0.5, 0.6) is 0 Å². The number of aromatic nitrogens is 1. The van der Waals surface area contributed by atoms with Crippen molar-refractivity contribution in [3.63, 3.8) is 0 Å². The quantitative estimate of drug-likeness (QED) is 0.859. The molecule has 3 aliphatic rings. The molecule has 0 spiro atoms. The molecule has 2 saturated heterocycles. The SMILES string of the molecule is CN1CCC(C2CCN(C(=O)c3csc(C4CC4)n3)C2)CC1. The largest absolute Gasteiger partial charge is 0.337 e. The Bertz CT molecular complexity index is 546. The molecule has 0 bridgehead atoms. The summed E-state index contributed by atoms with van der Waals surface area (Å²) in [7, 11) is 2.21. The van der Waals surface area contributed by atoms with Crippen LogP contribution in [0.15, 0.2) is 5.38 Å². The standard InChI is InChI=1S/C17H25N3OS/c1-19-7-4-12(5-8-19)14-6-9-20(10-14)17(21)15-11-22-16(18-15)13-2-3-13/h11-14H,2-10H2,1H3. The van der Waals surface area contributed by atoms with Crippen molar-refractivity contribution in [3.05, 3.63) is 16.1 Å². The minimum absolute atomic E-state index is 0.165. The van der Waals surface area contributed by atoms with Gasteiger partial charge < -0.3 is 9.80 Å². The molecule has 4 rings (SSSR count). The summed E-state index contributed by atoms with van der Waals surface area (Å²) in [6, 6.07) is 0. The van der Waals surface area contributed by atoms with E-state index in [9.17, 15) is 4.79 Å². The van der Waals surface area contributed by atoms with E-state index in [0.29, 0.717) is 17.5 Å². The van der Waals surface area contributed by atoms with Crippen LogP contribution in [0.25, 0.3) is 0 Å². The second-order valence-corrected chi connectivity index (χ2v) is 8.18. The van der Waals surface area contributed by atoms with E-state index in [1.165, 1.54) is 50.2 Å². The van der Waals surface area contributed by atoms with Gasteiger partial charge >= 0.3 is 0 Å². The molecule has 1 aliphatic carbocycles. The van der Waals surface area contributed by atoms with E-state index in [-0.39, 0.29) is 5.91 Å². The third-order valence-corrected chi connectivity index (χ3v) is 6.62. The normalized spacial score (nSPS) is 27.5. The molecule has 2 aliphatic heterocycles. The van der Waals surface area contributed by atoms with Crippen LogP contribution in [0.3, 0.4) is 0 Å². The average Bonchev–Trinajstić information content (AvgIpc) is 3.07. The summed E-state index contributed by atoms with van der Waals surface area (Å²) < 4.78 is 0. The molecule has 0 aromatic carbocycles. The van der Waals surface area contributed by atoms with Crippen LogP contribution in [-0.2, 0) is 0 Å². The lowest BCUT2D eigenvalue weighted by Crippen LogP contribution is -2.35. The van der Waals surface area contributed by atoms with E-state index < -0.39 is 0 Å². The van der Waals surface area contributed by atoms with E-state index in [1.54, 1.807) is 11.3 Å². The van der Waals surface area contributed by atoms with Crippen molar-refractivity contribution in [2.24, 2.45) is 11.8 Å². The molecule has 0 radical (unpaired) electrons. The number of likely N-dealkylation sites (tertiary alicyclic amines) is 2. The Labute approximate surface area is 136 Å². The minimum atomic E-state index is 0.165. The summed E-state index contributed by atoms with van der Waals surface area (Å²) in [6.07, 6.45) is 6.28. The van der Waals surface area contributed by atoms with E-state index in [4.69, 9.17) is 0 Å². The summed E-state index contributed by atoms with van der Waals surface area (Å²) in [5.74, 6) is 2.33. The molecule has 5 heteroatoms. The number of carbonyl (C=O) groups is 1. The van der Waals surface area contributed by atoms with E-state index in [0.717, 1.165) is 19.0 Å². The Morgan fingerprint density at radius 3 is 2.59 bits per heavy atom. The highest BCUT2D eigenvalue weighted by atomic mass is 32.1. The van der Waals surface area contributed by atoms with Gasteiger partial charge in [0.1, 0.15) is 5.69 Å². The monoisotopic (exact) mass is 319 g/mol. The molecule has 1 saturated carbocycles. The fraction of sp³-hybridized carbons (Fsp3) is 0.765. The molecule has 0 N–H and O–H groups in total. The van der Waals surface area contributed by atoms with E-state index in [1.807, 2.05) is 5.38 Å². The van der Waals surface area contributed by atoms with Crippen molar-refractivity contribution in [3.8, 4) is 0 Å². The van der Waals surface area contributed by atoms with Gasteiger partial charge in [0.05, 0.1) is 5.01 Å². The molecular weight excluding hydrogens is 294 g/mol. The van der Waals surface area contributed by atoms with Gasteiger partial charge in [0.25, 0.3) is 5.91 Å². The molecule has 1 aromatic heterocycles. The van der Waals surface area contributed by atoms with Crippen LogP contribution in [0.4, 0.5) is 0 Å². The van der Waals surface area contributed by atoms with Gasteiger partial charge in [0.2, 0.25) is 0 Å². The first-order valence-electron chi connectivity index (χ1n) is 8.64. The highest BCUT2D eigenvalue weighted by Crippen LogP contribution is 2.41. The van der Waals surface area contributed by atoms with Crippen LogP contribution >= 0.6 is 11.3 Å². The zero-order valence-electron chi connectivity index (χ0n) is 13.3. The molecular formula is C17H25N3OS. The molecule has 22 heavy (non-hydrogen) atoms. The Hall–Kier alpha value is -0.940. The van der Waals surface area contributed by atoms with Crippen molar-refractivity contribution < 1.29 is 4.79 Å².